The molecular formula is C25H27ClN2O4. The lowest BCUT2D eigenvalue weighted by Crippen LogP contribution is -2.34. The molecule has 0 aliphatic carbocycles. The second-order valence-corrected chi connectivity index (χ2v) is 7.63. The van der Waals surface area contributed by atoms with Gasteiger partial charge >= 0.3 is 0 Å². The lowest BCUT2D eigenvalue weighted by molar-refractivity contribution is -0.121. The van der Waals surface area contributed by atoms with E-state index in [0.717, 1.165) is 11.1 Å². The van der Waals surface area contributed by atoms with Crippen molar-refractivity contribution >= 4 is 23.2 Å². The molecular weight excluding hydrogens is 428 g/mol. The monoisotopic (exact) mass is 454 g/mol. The van der Waals surface area contributed by atoms with Crippen LogP contribution in [-0.4, -0.2) is 39.2 Å². The molecule has 6 nitrogen and oxygen atoms in total. The Hall–Kier alpha value is -3.22. The first-order valence-electron chi connectivity index (χ1n) is 10.1. The van der Waals surface area contributed by atoms with Crippen LogP contribution in [0.4, 0.5) is 5.69 Å². The number of likely N-dealkylation sites (N-methyl/N-ethyl adjacent to an activating group) is 1. The van der Waals surface area contributed by atoms with Crippen molar-refractivity contribution in [2.45, 2.75) is 12.6 Å². The molecule has 1 N–H and O–H groups in total. The predicted molar refractivity (Wildman–Crippen MR) is 127 cm³/mol. The summed E-state index contributed by atoms with van der Waals surface area (Å²) in [5, 5.41) is 3.40. The van der Waals surface area contributed by atoms with Crippen LogP contribution in [0.15, 0.2) is 66.7 Å². The normalized spacial score (nSPS) is 11.7. The maximum atomic E-state index is 13.4. The minimum Gasteiger partial charge on any atom is -0.495 e. The van der Waals surface area contributed by atoms with Gasteiger partial charge in [-0.2, -0.15) is 0 Å². The first-order valence-corrected chi connectivity index (χ1v) is 10.5. The lowest BCUT2D eigenvalue weighted by atomic mass is 10.0. The van der Waals surface area contributed by atoms with Crippen molar-refractivity contribution < 1.29 is 19.0 Å². The van der Waals surface area contributed by atoms with Crippen LogP contribution in [0.25, 0.3) is 0 Å². The number of amides is 1. The van der Waals surface area contributed by atoms with Gasteiger partial charge in [0.25, 0.3) is 0 Å². The molecule has 1 unspecified atom stereocenters. The Morgan fingerprint density at radius 1 is 0.938 bits per heavy atom. The van der Waals surface area contributed by atoms with Crippen LogP contribution < -0.4 is 19.5 Å². The van der Waals surface area contributed by atoms with Crippen molar-refractivity contribution in [3.05, 3.63) is 82.9 Å². The second kappa shape index (κ2) is 10.9. The minimum absolute atomic E-state index is 0.179. The minimum atomic E-state index is -0.548. The van der Waals surface area contributed by atoms with Crippen molar-refractivity contribution in [2.24, 2.45) is 0 Å². The van der Waals surface area contributed by atoms with Gasteiger partial charge in [0.15, 0.2) is 11.5 Å². The van der Waals surface area contributed by atoms with Crippen molar-refractivity contribution in [2.75, 3.05) is 33.7 Å². The van der Waals surface area contributed by atoms with Gasteiger partial charge in [-0.15, -0.1) is 0 Å². The molecule has 0 aromatic heterocycles. The smallest absolute Gasteiger partial charge is 0.246 e. The molecule has 1 amide bonds. The van der Waals surface area contributed by atoms with Crippen LogP contribution in [0.1, 0.15) is 17.2 Å². The van der Waals surface area contributed by atoms with Crippen molar-refractivity contribution in [3.8, 4) is 17.2 Å². The Bertz CT molecular complexity index is 1060. The molecule has 1 atom stereocenters. The Kier molecular flexibility index (Phi) is 7.98. The van der Waals surface area contributed by atoms with E-state index in [1.165, 1.54) is 0 Å². The summed E-state index contributed by atoms with van der Waals surface area (Å²) in [6, 6.07) is 19.9. The van der Waals surface area contributed by atoms with Gasteiger partial charge in [0, 0.05) is 17.8 Å². The number of halogens is 1. The zero-order chi connectivity index (χ0) is 23.1. The number of methoxy groups -OCH3 is 3. The molecule has 0 bridgehead atoms. The van der Waals surface area contributed by atoms with E-state index >= 15 is 0 Å². The van der Waals surface area contributed by atoms with Crippen molar-refractivity contribution in [1.29, 1.82) is 0 Å². The van der Waals surface area contributed by atoms with E-state index in [1.807, 2.05) is 60.5 Å². The number of hydrogen-bond acceptors (Lipinski definition) is 5. The van der Waals surface area contributed by atoms with E-state index in [2.05, 4.69) is 5.32 Å². The van der Waals surface area contributed by atoms with Crippen molar-refractivity contribution in [1.82, 2.24) is 4.90 Å². The average Bonchev–Trinajstić information content (AvgIpc) is 2.79. The van der Waals surface area contributed by atoms with Crippen LogP contribution in [0.2, 0.25) is 5.02 Å². The highest BCUT2D eigenvalue weighted by Crippen LogP contribution is 2.33. The molecule has 3 aromatic carbocycles. The number of benzene rings is 3. The van der Waals surface area contributed by atoms with Crippen LogP contribution in [0.5, 0.6) is 17.2 Å². The summed E-state index contributed by atoms with van der Waals surface area (Å²) in [7, 11) is 6.66. The van der Waals surface area contributed by atoms with Gasteiger partial charge in [-0.1, -0.05) is 54.1 Å². The molecule has 0 spiro atoms. The summed E-state index contributed by atoms with van der Waals surface area (Å²) in [5.41, 5.74) is 2.37. The number of carbonyl (C=O) groups is 1. The van der Waals surface area contributed by atoms with Gasteiger partial charge in [0.05, 0.1) is 26.4 Å². The van der Waals surface area contributed by atoms with Gasteiger partial charge in [-0.05, 0) is 36.9 Å². The third kappa shape index (κ3) is 5.33. The molecule has 0 saturated carbocycles. The molecule has 0 saturated heterocycles. The second-order valence-electron chi connectivity index (χ2n) is 7.22. The molecule has 7 heteroatoms. The fraction of sp³-hybridized carbons (Fsp3) is 0.240. The molecule has 0 aliphatic heterocycles. The summed E-state index contributed by atoms with van der Waals surface area (Å²) in [6.07, 6.45) is 0. The first kappa shape index (κ1) is 23.4. The number of hydrogen-bond donors (Lipinski definition) is 1. The molecule has 0 radical (unpaired) electrons. The Morgan fingerprint density at radius 2 is 1.66 bits per heavy atom. The number of ether oxygens (including phenoxy) is 3. The Balaban J connectivity index is 1.90. The third-order valence-electron chi connectivity index (χ3n) is 5.13. The maximum Gasteiger partial charge on any atom is 0.246 e. The summed E-state index contributed by atoms with van der Waals surface area (Å²) in [6.45, 7) is 0.469. The fourth-order valence-corrected chi connectivity index (χ4v) is 3.89. The fourth-order valence-electron chi connectivity index (χ4n) is 3.63. The third-order valence-corrected chi connectivity index (χ3v) is 5.42. The van der Waals surface area contributed by atoms with E-state index in [-0.39, 0.29) is 5.91 Å². The summed E-state index contributed by atoms with van der Waals surface area (Å²) in [5.74, 6) is 1.66. The summed E-state index contributed by atoms with van der Waals surface area (Å²) in [4.78, 5) is 15.4. The zero-order valence-electron chi connectivity index (χ0n) is 18.6. The van der Waals surface area contributed by atoms with Crippen LogP contribution in [0, 0.1) is 0 Å². The standard InChI is InChI=1S/C25H27ClN2O4/c1-28(16-18-11-8-12-22(31-3)24(18)32-4)23(17-9-6-5-7-10-17)25(29)27-19-13-14-21(30-2)20(26)15-19/h5-15,23H,16H2,1-4H3,(H,27,29). The number of rotatable bonds is 9. The quantitative estimate of drug-likeness (QED) is 0.483. The van der Waals surface area contributed by atoms with E-state index in [0.29, 0.717) is 34.5 Å². The van der Waals surface area contributed by atoms with Gasteiger partial charge in [0.2, 0.25) is 5.91 Å². The first-order chi connectivity index (χ1) is 15.5. The largest absolute Gasteiger partial charge is 0.495 e. The number of carbonyl (C=O) groups excluding carboxylic acids is 1. The number of anilines is 1. The lowest BCUT2D eigenvalue weighted by Gasteiger charge is -2.28. The molecule has 0 aliphatic rings. The predicted octanol–water partition coefficient (Wildman–Crippen LogP) is 5.18. The average molecular weight is 455 g/mol. The van der Waals surface area contributed by atoms with E-state index in [4.69, 9.17) is 25.8 Å². The van der Waals surface area contributed by atoms with Gasteiger partial charge in [0.1, 0.15) is 11.8 Å². The van der Waals surface area contributed by atoms with E-state index < -0.39 is 6.04 Å². The van der Waals surface area contributed by atoms with Gasteiger partial charge in [-0.25, -0.2) is 0 Å². The Morgan fingerprint density at radius 3 is 2.28 bits per heavy atom. The van der Waals surface area contributed by atoms with Gasteiger partial charge in [-0.3, -0.25) is 9.69 Å². The van der Waals surface area contributed by atoms with E-state index in [9.17, 15) is 4.79 Å². The topological polar surface area (TPSA) is 60.0 Å². The molecule has 0 heterocycles. The Labute approximate surface area is 193 Å². The van der Waals surface area contributed by atoms with E-state index in [1.54, 1.807) is 39.5 Å². The molecule has 32 heavy (non-hydrogen) atoms. The number of nitrogens with zero attached hydrogens (tertiary/aromatic N) is 1. The van der Waals surface area contributed by atoms with Crippen LogP contribution in [-0.2, 0) is 11.3 Å². The maximum absolute atomic E-state index is 13.4. The highest BCUT2D eigenvalue weighted by Gasteiger charge is 2.26. The zero-order valence-corrected chi connectivity index (χ0v) is 19.3. The molecule has 168 valence electrons. The summed E-state index contributed by atoms with van der Waals surface area (Å²) >= 11 is 6.23. The SMILES string of the molecule is COc1ccc(NC(=O)C(c2ccccc2)N(C)Cc2cccc(OC)c2OC)cc1Cl. The van der Waals surface area contributed by atoms with Crippen LogP contribution >= 0.6 is 11.6 Å². The highest BCUT2D eigenvalue weighted by molar-refractivity contribution is 6.32. The summed E-state index contributed by atoms with van der Waals surface area (Å²) < 4.78 is 16.2. The van der Waals surface area contributed by atoms with Gasteiger partial charge < -0.3 is 19.5 Å². The van der Waals surface area contributed by atoms with Crippen LogP contribution in [0.3, 0.4) is 0 Å². The molecule has 3 aromatic rings. The number of para-hydroxylation sites is 1. The molecule has 3 rings (SSSR count). The number of nitrogens with one attached hydrogen (secondary N) is 1. The van der Waals surface area contributed by atoms with Crippen molar-refractivity contribution in [3.63, 3.8) is 0 Å². The molecule has 0 fully saturated rings. The highest BCUT2D eigenvalue weighted by atomic mass is 35.5.